The van der Waals surface area contributed by atoms with Crippen LogP contribution >= 0.6 is 0 Å². The number of esters is 1. The van der Waals surface area contributed by atoms with Crippen molar-refractivity contribution in [3.05, 3.63) is 107 Å². The number of carbonyl (C=O) groups excluding carboxylic acids is 3. The molecule has 1 aliphatic heterocycles. The molecule has 2 N–H and O–H groups in total. The van der Waals surface area contributed by atoms with E-state index in [2.05, 4.69) is 26.0 Å². The molecule has 1 heterocycles. The molecule has 4 aliphatic carbocycles. The second-order valence-electron chi connectivity index (χ2n) is 18.4. The lowest BCUT2D eigenvalue weighted by atomic mass is 9.64. The van der Waals surface area contributed by atoms with Gasteiger partial charge in [-0.05, 0) is 112 Å². The second-order valence-corrected chi connectivity index (χ2v) is 18.4. The van der Waals surface area contributed by atoms with Crippen molar-refractivity contribution < 1.29 is 34.1 Å². The fourth-order valence-corrected chi connectivity index (χ4v) is 10.8. The molecule has 8 heteroatoms. The molecule has 0 aromatic heterocycles. The topological polar surface area (TPSA) is 113 Å². The summed E-state index contributed by atoms with van der Waals surface area (Å²) in [6.07, 6.45) is 7.39. The molecular weight excluding hydrogens is 715 g/mol. The Morgan fingerprint density at radius 1 is 0.912 bits per heavy atom. The van der Waals surface area contributed by atoms with E-state index >= 15 is 9.59 Å². The van der Waals surface area contributed by atoms with Crippen LogP contribution in [-0.2, 0) is 25.5 Å². The van der Waals surface area contributed by atoms with Crippen molar-refractivity contribution in [2.75, 3.05) is 26.8 Å². The van der Waals surface area contributed by atoms with Crippen molar-refractivity contribution in [1.82, 2.24) is 4.90 Å². The summed E-state index contributed by atoms with van der Waals surface area (Å²) in [6, 6.07) is 23.7. The number of allylic oxidation sites excluding steroid dienone is 2. The van der Waals surface area contributed by atoms with Crippen LogP contribution in [0.5, 0.6) is 0 Å². The van der Waals surface area contributed by atoms with Gasteiger partial charge in [0.05, 0.1) is 23.7 Å². The Balaban J connectivity index is 1.32. The summed E-state index contributed by atoms with van der Waals surface area (Å²) in [5.74, 6) is -0.880. The summed E-state index contributed by atoms with van der Waals surface area (Å²) in [6.45, 7) is 11.0. The number of aliphatic hydroxyl groups is 2. The molecule has 0 spiro atoms. The van der Waals surface area contributed by atoms with E-state index in [1.54, 1.807) is 12.0 Å². The normalized spacial score (nSPS) is 30.7. The maximum atomic E-state index is 15.1. The maximum absolute atomic E-state index is 15.1. The summed E-state index contributed by atoms with van der Waals surface area (Å²) < 4.78 is 11.5. The van der Waals surface area contributed by atoms with E-state index in [1.807, 2.05) is 87.5 Å². The van der Waals surface area contributed by atoms with Crippen molar-refractivity contribution in [3.8, 4) is 11.1 Å². The minimum absolute atomic E-state index is 0.0712. The minimum Gasteiger partial charge on any atom is -0.448 e. The summed E-state index contributed by atoms with van der Waals surface area (Å²) in [5, 5.41) is 24.4. The lowest BCUT2D eigenvalue weighted by Crippen LogP contribution is -2.60. The number of ketones is 1. The Morgan fingerprint density at radius 3 is 2.35 bits per heavy atom. The van der Waals surface area contributed by atoms with Gasteiger partial charge in [-0.2, -0.15) is 0 Å². The van der Waals surface area contributed by atoms with E-state index in [-0.39, 0.29) is 30.1 Å². The van der Waals surface area contributed by atoms with E-state index in [0.717, 1.165) is 28.7 Å². The van der Waals surface area contributed by atoms with Gasteiger partial charge in [-0.15, -0.1) is 0 Å². The van der Waals surface area contributed by atoms with Gasteiger partial charge in [0.1, 0.15) is 0 Å². The number of benzene rings is 3. The van der Waals surface area contributed by atoms with E-state index in [9.17, 15) is 15.0 Å². The maximum Gasteiger partial charge on any atom is 0.313 e. The van der Waals surface area contributed by atoms with Gasteiger partial charge in [0, 0.05) is 42.2 Å². The highest BCUT2D eigenvalue weighted by molar-refractivity contribution is 6.14. The van der Waals surface area contributed by atoms with Crippen LogP contribution in [0.4, 0.5) is 0 Å². The Kier molecular flexibility index (Phi) is 11.2. The molecule has 6 atom stereocenters. The fraction of sp³-hybridized carbons (Fsp3) is 0.531. The van der Waals surface area contributed by atoms with Crippen LogP contribution in [0.25, 0.3) is 11.1 Å². The van der Waals surface area contributed by atoms with Gasteiger partial charge in [0.2, 0.25) is 0 Å². The van der Waals surface area contributed by atoms with Crippen LogP contribution < -0.4 is 0 Å². The lowest BCUT2D eigenvalue weighted by molar-refractivity contribution is -0.177. The van der Waals surface area contributed by atoms with Crippen molar-refractivity contribution in [1.29, 1.82) is 0 Å². The summed E-state index contributed by atoms with van der Waals surface area (Å²) >= 11 is 0. The number of aliphatic hydroxyl groups excluding tert-OH is 1. The molecular formula is C49H61NO7. The fourth-order valence-electron chi connectivity index (χ4n) is 10.8. The molecule has 8 nitrogen and oxygen atoms in total. The zero-order chi connectivity index (χ0) is 40.8. The van der Waals surface area contributed by atoms with Gasteiger partial charge in [0.15, 0.2) is 11.4 Å². The third kappa shape index (κ3) is 6.89. The van der Waals surface area contributed by atoms with Gasteiger partial charge in [-0.1, -0.05) is 99.2 Å². The average Bonchev–Trinajstić information content (AvgIpc) is 3.63. The van der Waals surface area contributed by atoms with E-state index in [0.29, 0.717) is 82.1 Å². The number of hydrogen-bond donors (Lipinski definition) is 2. The highest BCUT2D eigenvalue weighted by Crippen LogP contribution is 2.66. The first-order valence-corrected chi connectivity index (χ1v) is 21.0. The highest BCUT2D eigenvalue weighted by atomic mass is 16.6. The summed E-state index contributed by atoms with van der Waals surface area (Å²) in [5.41, 5.74) is 1.07. The van der Waals surface area contributed by atoms with Crippen molar-refractivity contribution in [3.63, 3.8) is 0 Å². The minimum atomic E-state index is -1.33. The third-order valence-corrected chi connectivity index (χ3v) is 15.1. The zero-order valence-corrected chi connectivity index (χ0v) is 34.7. The number of nitrogens with zero attached hydrogens (tertiary/aromatic N) is 1. The van der Waals surface area contributed by atoms with Gasteiger partial charge >= 0.3 is 5.97 Å². The SMILES string of the molecule is COCCCN(CC1(O)CCC2c3ccc(cc3C(=O)c3ccccc3-c3ccccc3)CC(O)CCC(C)=CCCC21C)C(=O)C12CCC(C)(C(=O)O1)C2(C)C. The molecule has 304 valence electrons. The number of hydrogen-bond acceptors (Lipinski definition) is 7. The van der Waals surface area contributed by atoms with Gasteiger partial charge in [-0.3, -0.25) is 14.4 Å². The van der Waals surface area contributed by atoms with Crippen LogP contribution in [0.15, 0.2) is 84.4 Å². The molecule has 1 saturated heterocycles. The Morgan fingerprint density at radius 2 is 1.65 bits per heavy atom. The molecule has 3 aromatic rings. The third-order valence-electron chi connectivity index (χ3n) is 15.1. The predicted molar refractivity (Wildman–Crippen MR) is 222 cm³/mol. The van der Waals surface area contributed by atoms with Gasteiger partial charge < -0.3 is 24.6 Å². The zero-order valence-electron chi connectivity index (χ0n) is 34.7. The van der Waals surface area contributed by atoms with Crippen molar-refractivity contribution in [2.45, 2.75) is 122 Å². The lowest BCUT2D eigenvalue weighted by Gasteiger charge is -2.47. The van der Waals surface area contributed by atoms with E-state index < -0.39 is 33.6 Å². The van der Waals surface area contributed by atoms with Crippen LogP contribution in [0.2, 0.25) is 0 Å². The first-order chi connectivity index (χ1) is 27.1. The van der Waals surface area contributed by atoms with E-state index in [1.165, 1.54) is 5.57 Å². The second kappa shape index (κ2) is 15.6. The number of methoxy groups -OCH3 is 1. The van der Waals surface area contributed by atoms with Gasteiger partial charge in [0.25, 0.3) is 5.91 Å². The standard InChI is InChI=1S/C49H61NO7/c1-33-14-12-24-46(4)41(23-25-48(46,55)32-50(28-13-29-56-6)43(53)49-27-26-47(5,44(54)57-49)45(49,2)3)38-22-20-34(30-36(51)21-19-33)31-40(38)42(52)39-18-11-10-17-37(39)35-15-8-7-9-16-35/h7-11,14-18,20,22,31,36,41,51,55H,12-13,19,21,23-30,32H2,1-6H3. The molecule has 3 aromatic carbocycles. The van der Waals surface area contributed by atoms with Crippen molar-refractivity contribution in [2.24, 2.45) is 16.2 Å². The smallest absolute Gasteiger partial charge is 0.313 e. The number of amides is 1. The Bertz CT molecular complexity index is 2040. The molecule has 3 fully saturated rings. The van der Waals surface area contributed by atoms with Crippen LogP contribution in [0.1, 0.15) is 125 Å². The van der Waals surface area contributed by atoms with Crippen LogP contribution in [-0.4, -0.2) is 76.9 Å². The molecule has 8 rings (SSSR count). The van der Waals surface area contributed by atoms with Crippen LogP contribution in [0, 0.1) is 16.2 Å². The quantitative estimate of drug-likeness (QED) is 0.0918. The number of carbonyl (C=O) groups is 3. The van der Waals surface area contributed by atoms with Crippen molar-refractivity contribution >= 4 is 17.7 Å². The molecule has 4 bridgehead atoms. The molecule has 2 saturated carbocycles. The monoisotopic (exact) mass is 775 g/mol. The summed E-state index contributed by atoms with van der Waals surface area (Å²) in [7, 11) is 1.64. The number of rotatable bonds is 10. The van der Waals surface area contributed by atoms with Crippen LogP contribution in [0.3, 0.4) is 0 Å². The molecule has 0 radical (unpaired) electrons. The molecule has 57 heavy (non-hydrogen) atoms. The Labute approximate surface area is 338 Å². The Hall–Kier alpha value is -4.11. The average molecular weight is 776 g/mol. The van der Waals surface area contributed by atoms with Gasteiger partial charge in [-0.25, -0.2) is 0 Å². The first kappa shape index (κ1) is 41.1. The van der Waals surface area contributed by atoms with E-state index in [4.69, 9.17) is 9.47 Å². The number of ether oxygens (including phenoxy) is 2. The molecule has 6 unspecified atom stereocenters. The summed E-state index contributed by atoms with van der Waals surface area (Å²) in [4.78, 5) is 45.2. The largest absolute Gasteiger partial charge is 0.448 e. The molecule has 1 amide bonds. The number of fused-ring (bicyclic) bond motifs is 10. The predicted octanol–water partition coefficient (Wildman–Crippen LogP) is 8.61. The molecule has 5 aliphatic rings. The highest BCUT2D eigenvalue weighted by Gasteiger charge is 2.76. The first-order valence-electron chi connectivity index (χ1n) is 21.0.